The van der Waals surface area contributed by atoms with Gasteiger partial charge < -0.3 is 10.1 Å². The maximum absolute atomic E-state index is 8.74. The highest BCUT2D eigenvalue weighted by Crippen LogP contribution is 2.08. The van der Waals surface area contributed by atoms with E-state index in [9.17, 15) is 0 Å². The first kappa shape index (κ1) is 16.8. The van der Waals surface area contributed by atoms with Gasteiger partial charge in [0.05, 0.1) is 7.11 Å². The lowest BCUT2D eigenvalue weighted by Gasteiger charge is -2.05. The van der Waals surface area contributed by atoms with Crippen LogP contribution in [0.2, 0.25) is 0 Å². The smallest absolute Gasteiger partial charge is 0.394 e. The summed E-state index contributed by atoms with van der Waals surface area (Å²) in [4.78, 5) is 8.26. The topological polar surface area (TPSA) is 122 Å². The molecule has 0 aliphatic carbocycles. The van der Waals surface area contributed by atoms with Gasteiger partial charge in [-0.2, -0.15) is 13.4 Å². The molecule has 3 N–H and O–H groups in total. The molecule has 8 nitrogen and oxygen atoms in total. The monoisotopic (exact) mass is 313 g/mol. The Morgan fingerprint density at radius 2 is 1.81 bits per heavy atom. The van der Waals surface area contributed by atoms with E-state index in [2.05, 4.69) is 15.3 Å². The summed E-state index contributed by atoms with van der Waals surface area (Å²) < 4.78 is 36.6. The zero-order chi connectivity index (χ0) is 15.7. The molecule has 0 amide bonds. The summed E-state index contributed by atoms with van der Waals surface area (Å²) in [5.41, 5.74) is 1.19. The van der Waals surface area contributed by atoms with E-state index in [4.69, 9.17) is 22.3 Å². The van der Waals surface area contributed by atoms with Crippen LogP contribution in [0.1, 0.15) is 5.56 Å². The molecule has 0 spiro atoms. The molecule has 0 radical (unpaired) electrons. The second-order valence-corrected chi connectivity index (χ2v) is 4.61. The molecule has 21 heavy (non-hydrogen) atoms. The summed E-state index contributed by atoms with van der Waals surface area (Å²) in [5, 5.41) is 3.13. The standard InChI is InChI=1S/C12H13N3O.H2O4S/c1-16-11-7-8-13-12(15-11)14-9-10-5-3-2-4-6-10;1-5(2,3)4/h2-8H,9H2,1H3,(H,13,14,15);(H2,1,2,3,4). The predicted octanol–water partition coefficient (Wildman–Crippen LogP) is 1.44. The van der Waals surface area contributed by atoms with E-state index in [0.717, 1.165) is 0 Å². The number of anilines is 1. The van der Waals surface area contributed by atoms with E-state index in [1.54, 1.807) is 19.4 Å². The molecule has 114 valence electrons. The number of ether oxygens (including phenoxy) is 1. The fourth-order valence-corrected chi connectivity index (χ4v) is 1.32. The van der Waals surface area contributed by atoms with Gasteiger partial charge in [-0.1, -0.05) is 30.3 Å². The number of aromatic nitrogens is 2. The highest BCUT2D eigenvalue weighted by molar-refractivity contribution is 7.79. The Kier molecular flexibility index (Phi) is 6.53. The van der Waals surface area contributed by atoms with Gasteiger partial charge in [0.25, 0.3) is 0 Å². The van der Waals surface area contributed by atoms with Gasteiger partial charge >= 0.3 is 10.4 Å². The lowest BCUT2D eigenvalue weighted by molar-refractivity contribution is 0.381. The second-order valence-electron chi connectivity index (χ2n) is 3.71. The third-order valence-corrected chi connectivity index (χ3v) is 2.13. The van der Waals surface area contributed by atoms with Gasteiger partial charge in [-0.25, -0.2) is 4.98 Å². The number of rotatable bonds is 4. The SMILES string of the molecule is COc1ccnc(NCc2ccccc2)n1.O=S(=O)(O)O. The molecule has 0 saturated carbocycles. The van der Waals surface area contributed by atoms with Crippen molar-refractivity contribution in [2.24, 2.45) is 0 Å². The van der Waals surface area contributed by atoms with Gasteiger partial charge in [0.15, 0.2) is 0 Å². The minimum atomic E-state index is -4.67. The highest BCUT2D eigenvalue weighted by Gasteiger charge is 1.98. The molecule has 1 heterocycles. The molecule has 1 aromatic heterocycles. The zero-order valence-electron chi connectivity index (χ0n) is 11.2. The molecule has 0 saturated heterocycles. The van der Waals surface area contributed by atoms with Crippen molar-refractivity contribution >= 4 is 16.3 Å². The lowest BCUT2D eigenvalue weighted by Crippen LogP contribution is -2.03. The predicted molar refractivity (Wildman–Crippen MR) is 76.5 cm³/mol. The minimum absolute atomic E-state index is 0.561. The van der Waals surface area contributed by atoms with Crippen LogP contribution < -0.4 is 10.1 Å². The maximum Gasteiger partial charge on any atom is 0.394 e. The first-order valence-electron chi connectivity index (χ1n) is 5.73. The van der Waals surface area contributed by atoms with Crippen molar-refractivity contribution in [1.82, 2.24) is 9.97 Å². The van der Waals surface area contributed by atoms with E-state index < -0.39 is 10.4 Å². The van der Waals surface area contributed by atoms with Gasteiger partial charge in [0.2, 0.25) is 11.8 Å². The van der Waals surface area contributed by atoms with Gasteiger partial charge in [-0.15, -0.1) is 0 Å². The summed E-state index contributed by atoms with van der Waals surface area (Å²) in [7, 11) is -3.08. The van der Waals surface area contributed by atoms with Crippen LogP contribution in [0.5, 0.6) is 5.88 Å². The second kappa shape index (κ2) is 8.15. The van der Waals surface area contributed by atoms with Crippen LogP contribution in [0.4, 0.5) is 5.95 Å². The first-order valence-corrected chi connectivity index (χ1v) is 7.13. The maximum atomic E-state index is 8.74. The fourth-order valence-electron chi connectivity index (χ4n) is 1.32. The van der Waals surface area contributed by atoms with Crippen molar-refractivity contribution in [2.75, 3.05) is 12.4 Å². The van der Waals surface area contributed by atoms with Crippen molar-refractivity contribution in [3.8, 4) is 5.88 Å². The summed E-state index contributed by atoms with van der Waals surface area (Å²) in [6, 6.07) is 11.8. The molecule has 0 aliphatic rings. The summed E-state index contributed by atoms with van der Waals surface area (Å²) in [6.07, 6.45) is 1.67. The molecule has 9 heteroatoms. The van der Waals surface area contributed by atoms with E-state index in [-0.39, 0.29) is 0 Å². The van der Waals surface area contributed by atoms with Crippen molar-refractivity contribution in [2.45, 2.75) is 6.54 Å². The number of nitrogens with one attached hydrogen (secondary N) is 1. The van der Waals surface area contributed by atoms with Crippen LogP contribution >= 0.6 is 0 Å². The number of hydrogen-bond acceptors (Lipinski definition) is 6. The third kappa shape index (κ3) is 8.52. The molecule has 2 rings (SSSR count). The van der Waals surface area contributed by atoms with Crippen molar-refractivity contribution in [1.29, 1.82) is 0 Å². The normalized spacial score (nSPS) is 10.2. The molecule has 0 fully saturated rings. The molecule has 0 aliphatic heterocycles. The average Bonchev–Trinajstić information content (AvgIpc) is 2.45. The Morgan fingerprint density at radius 3 is 2.38 bits per heavy atom. The van der Waals surface area contributed by atoms with Gasteiger partial charge in [0.1, 0.15) is 0 Å². The van der Waals surface area contributed by atoms with E-state index in [1.165, 1.54) is 5.56 Å². The molecule has 1 aromatic carbocycles. The molecule has 2 aromatic rings. The molecular weight excluding hydrogens is 298 g/mol. The Labute approximate surface area is 122 Å². The first-order chi connectivity index (χ1) is 9.88. The van der Waals surface area contributed by atoms with Crippen molar-refractivity contribution < 1.29 is 22.3 Å². The number of nitrogens with zero attached hydrogens (tertiary/aromatic N) is 2. The van der Waals surface area contributed by atoms with E-state index >= 15 is 0 Å². The Balaban J connectivity index is 0.000000383. The van der Waals surface area contributed by atoms with Gasteiger partial charge in [-0.05, 0) is 5.56 Å². The number of hydrogen-bond donors (Lipinski definition) is 3. The van der Waals surface area contributed by atoms with Gasteiger partial charge in [0, 0.05) is 18.8 Å². The molecule has 0 bridgehead atoms. The van der Waals surface area contributed by atoms with Crippen LogP contribution in [0.3, 0.4) is 0 Å². The Bertz CT molecular complexity index is 641. The Morgan fingerprint density at radius 1 is 1.19 bits per heavy atom. The van der Waals surface area contributed by atoms with Crippen LogP contribution in [0.15, 0.2) is 42.6 Å². The zero-order valence-corrected chi connectivity index (χ0v) is 12.0. The van der Waals surface area contributed by atoms with Crippen molar-refractivity contribution in [3.63, 3.8) is 0 Å². The lowest BCUT2D eigenvalue weighted by atomic mass is 10.2. The summed E-state index contributed by atoms with van der Waals surface area (Å²) >= 11 is 0. The number of methoxy groups -OCH3 is 1. The summed E-state index contributed by atoms with van der Waals surface area (Å²) in [5.74, 6) is 1.13. The third-order valence-electron chi connectivity index (χ3n) is 2.13. The molecule has 0 atom stereocenters. The van der Waals surface area contributed by atoms with Crippen molar-refractivity contribution in [3.05, 3.63) is 48.2 Å². The van der Waals surface area contributed by atoms with Crippen LogP contribution in [-0.2, 0) is 16.9 Å². The molecular formula is C12H15N3O5S. The van der Waals surface area contributed by atoms with Crippen LogP contribution in [0.25, 0.3) is 0 Å². The number of benzene rings is 1. The fraction of sp³-hybridized carbons (Fsp3) is 0.167. The minimum Gasteiger partial charge on any atom is -0.481 e. The molecule has 0 unspecified atom stereocenters. The van der Waals surface area contributed by atoms with Crippen LogP contribution in [0, 0.1) is 0 Å². The van der Waals surface area contributed by atoms with E-state index in [1.807, 2.05) is 30.3 Å². The van der Waals surface area contributed by atoms with E-state index in [0.29, 0.717) is 18.4 Å². The largest absolute Gasteiger partial charge is 0.481 e. The highest BCUT2D eigenvalue weighted by atomic mass is 32.3. The quantitative estimate of drug-likeness (QED) is 0.725. The van der Waals surface area contributed by atoms with Crippen LogP contribution in [-0.4, -0.2) is 34.6 Å². The van der Waals surface area contributed by atoms with Gasteiger partial charge in [-0.3, -0.25) is 9.11 Å². The Hall–Kier alpha value is -2.23. The average molecular weight is 313 g/mol. The summed E-state index contributed by atoms with van der Waals surface area (Å²) in [6.45, 7) is 0.702.